The maximum atomic E-state index is 2.38. The Bertz CT molecular complexity index is 320. The van der Waals surface area contributed by atoms with E-state index in [1.807, 2.05) is 11.3 Å². The summed E-state index contributed by atoms with van der Waals surface area (Å²) in [7, 11) is 0. The molecule has 0 saturated heterocycles. The highest BCUT2D eigenvalue weighted by Gasteiger charge is 2.25. The van der Waals surface area contributed by atoms with E-state index >= 15 is 0 Å². The highest BCUT2D eigenvalue weighted by molar-refractivity contribution is 7.10. The van der Waals surface area contributed by atoms with Crippen LogP contribution in [0.2, 0.25) is 0 Å². The summed E-state index contributed by atoms with van der Waals surface area (Å²) < 4.78 is 0. The number of thiophene rings is 1. The van der Waals surface area contributed by atoms with Gasteiger partial charge in [0.2, 0.25) is 0 Å². The molecular weight excluding hydrogens is 176 g/mol. The van der Waals surface area contributed by atoms with Crippen LogP contribution in [0.15, 0.2) is 17.5 Å². The van der Waals surface area contributed by atoms with Gasteiger partial charge in [0.25, 0.3) is 0 Å². The monoisotopic (exact) mass is 192 g/mol. The quantitative estimate of drug-likeness (QED) is 0.627. The standard InChI is InChI=1S/C12H16S/c1-8(2)11-5-4-10-6-7-13-12(10)9(11)3/h4-9,11H,1-3H3. The Morgan fingerprint density at radius 3 is 2.85 bits per heavy atom. The van der Waals surface area contributed by atoms with Crippen molar-refractivity contribution in [3.8, 4) is 0 Å². The minimum absolute atomic E-state index is 0.708. The number of allylic oxidation sites excluding steroid dienone is 1. The van der Waals surface area contributed by atoms with Gasteiger partial charge in [-0.15, -0.1) is 11.3 Å². The van der Waals surface area contributed by atoms with Gasteiger partial charge in [0.1, 0.15) is 0 Å². The van der Waals surface area contributed by atoms with Gasteiger partial charge < -0.3 is 0 Å². The molecule has 1 aliphatic rings. The van der Waals surface area contributed by atoms with Crippen LogP contribution < -0.4 is 0 Å². The summed E-state index contributed by atoms with van der Waals surface area (Å²) in [6, 6.07) is 2.23. The fourth-order valence-corrected chi connectivity index (χ4v) is 3.20. The summed E-state index contributed by atoms with van der Waals surface area (Å²) in [5, 5.41) is 2.20. The van der Waals surface area contributed by atoms with Gasteiger partial charge in [-0.2, -0.15) is 0 Å². The molecule has 0 radical (unpaired) electrons. The highest BCUT2D eigenvalue weighted by Crippen LogP contribution is 2.40. The van der Waals surface area contributed by atoms with E-state index in [4.69, 9.17) is 0 Å². The predicted octanol–water partition coefficient (Wildman–Crippen LogP) is 4.15. The van der Waals surface area contributed by atoms with Gasteiger partial charge in [0.15, 0.2) is 0 Å². The molecule has 0 amide bonds. The van der Waals surface area contributed by atoms with Crippen LogP contribution in [0.1, 0.15) is 37.1 Å². The molecule has 0 aromatic carbocycles. The van der Waals surface area contributed by atoms with Gasteiger partial charge in [-0.05, 0) is 34.8 Å². The summed E-state index contributed by atoms with van der Waals surface area (Å²) >= 11 is 1.90. The fraction of sp³-hybridized carbons (Fsp3) is 0.500. The Hall–Kier alpha value is -0.560. The molecule has 1 heteroatoms. The molecule has 0 saturated carbocycles. The Balaban J connectivity index is 2.35. The minimum Gasteiger partial charge on any atom is -0.148 e. The Kier molecular flexibility index (Phi) is 2.29. The van der Waals surface area contributed by atoms with Crippen molar-refractivity contribution >= 4 is 17.4 Å². The van der Waals surface area contributed by atoms with Crippen molar-refractivity contribution in [3.63, 3.8) is 0 Å². The normalized spacial score (nSPS) is 26.5. The van der Waals surface area contributed by atoms with Gasteiger partial charge >= 0.3 is 0 Å². The third-order valence-electron chi connectivity index (χ3n) is 2.99. The molecule has 0 nitrogen and oxygen atoms in total. The lowest BCUT2D eigenvalue weighted by Crippen LogP contribution is -2.16. The van der Waals surface area contributed by atoms with E-state index in [0.717, 1.165) is 11.8 Å². The van der Waals surface area contributed by atoms with Crippen LogP contribution in [-0.4, -0.2) is 0 Å². The highest BCUT2D eigenvalue weighted by atomic mass is 32.1. The van der Waals surface area contributed by atoms with Gasteiger partial charge in [-0.3, -0.25) is 0 Å². The molecule has 1 aliphatic carbocycles. The van der Waals surface area contributed by atoms with E-state index in [0.29, 0.717) is 5.92 Å². The Labute approximate surface area is 84.3 Å². The number of hydrogen-bond acceptors (Lipinski definition) is 1. The average molecular weight is 192 g/mol. The van der Waals surface area contributed by atoms with Crippen molar-refractivity contribution in [1.82, 2.24) is 0 Å². The summed E-state index contributed by atoms with van der Waals surface area (Å²) in [5.74, 6) is 2.19. The maximum absolute atomic E-state index is 2.38. The second-order valence-corrected chi connectivity index (χ2v) is 5.16. The van der Waals surface area contributed by atoms with Crippen LogP contribution in [0, 0.1) is 11.8 Å². The molecule has 0 aliphatic heterocycles. The number of hydrogen-bond donors (Lipinski definition) is 0. The van der Waals surface area contributed by atoms with Crippen LogP contribution in [0.25, 0.3) is 6.08 Å². The van der Waals surface area contributed by atoms with Crippen LogP contribution in [-0.2, 0) is 0 Å². The van der Waals surface area contributed by atoms with Crippen molar-refractivity contribution in [2.24, 2.45) is 11.8 Å². The van der Waals surface area contributed by atoms with Crippen molar-refractivity contribution in [2.75, 3.05) is 0 Å². The first-order valence-corrected chi connectivity index (χ1v) is 5.83. The van der Waals surface area contributed by atoms with Gasteiger partial charge in [-0.25, -0.2) is 0 Å². The summed E-state index contributed by atoms with van der Waals surface area (Å²) in [6.07, 6.45) is 4.67. The molecule has 70 valence electrons. The van der Waals surface area contributed by atoms with Crippen molar-refractivity contribution in [2.45, 2.75) is 26.7 Å². The number of rotatable bonds is 1. The van der Waals surface area contributed by atoms with Gasteiger partial charge in [0, 0.05) is 4.88 Å². The van der Waals surface area contributed by atoms with Crippen LogP contribution >= 0.6 is 11.3 Å². The lowest BCUT2D eigenvalue weighted by molar-refractivity contribution is 0.407. The Morgan fingerprint density at radius 2 is 2.15 bits per heavy atom. The van der Waals surface area contributed by atoms with Gasteiger partial charge in [-0.1, -0.05) is 32.9 Å². The van der Waals surface area contributed by atoms with E-state index in [1.54, 1.807) is 4.88 Å². The molecule has 2 atom stereocenters. The fourth-order valence-electron chi connectivity index (χ4n) is 2.19. The lowest BCUT2D eigenvalue weighted by Gasteiger charge is -2.27. The topological polar surface area (TPSA) is 0 Å². The molecule has 1 aromatic heterocycles. The van der Waals surface area contributed by atoms with Crippen LogP contribution in [0.3, 0.4) is 0 Å². The summed E-state index contributed by atoms with van der Waals surface area (Å²) in [5.41, 5.74) is 1.44. The third-order valence-corrected chi connectivity index (χ3v) is 4.12. The van der Waals surface area contributed by atoms with Crippen molar-refractivity contribution in [1.29, 1.82) is 0 Å². The van der Waals surface area contributed by atoms with Gasteiger partial charge in [0.05, 0.1) is 0 Å². The molecule has 2 unspecified atom stereocenters. The molecule has 1 aromatic rings. The smallest absolute Gasteiger partial charge is 0.0152 e. The first kappa shape index (κ1) is 9.01. The predicted molar refractivity (Wildman–Crippen MR) is 60.1 cm³/mol. The van der Waals surface area contributed by atoms with E-state index in [1.165, 1.54) is 5.56 Å². The van der Waals surface area contributed by atoms with Crippen LogP contribution in [0.5, 0.6) is 0 Å². The second-order valence-electron chi connectivity index (χ2n) is 4.21. The molecule has 1 heterocycles. The van der Waals surface area contributed by atoms with E-state index in [2.05, 4.69) is 44.4 Å². The molecule has 13 heavy (non-hydrogen) atoms. The summed E-state index contributed by atoms with van der Waals surface area (Å²) in [4.78, 5) is 1.57. The largest absolute Gasteiger partial charge is 0.148 e. The molecule has 0 spiro atoms. The zero-order valence-electron chi connectivity index (χ0n) is 8.45. The van der Waals surface area contributed by atoms with Crippen LogP contribution in [0.4, 0.5) is 0 Å². The lowest BCUT2D eigenvalue weighted by atomic mass is 9.79. The van der Waals surface area contributed by atoms with E-state index < -0.39 is 0 Å². The average Bonchev–Trinajstić information content (AvgIpc) is 2.52. The maximum Gasteiger partial charge on any atom is 0.0152 e. The zero-order valence-corrected chi connectivity index (χ0v) is 9.27. The van der Waals surface area contributed by atoms with E-state index in [9.17, 15) is 0 Å². The molecule has 0 bridgehead atoms. The summed E-state index contributed by atoms with van der Waals surface area (Å²) in [6.45, 7) is 6.97. The second kappa shape index (κ2) is 3.30. The SMILES string of the molecule is CC(C)C1C=Cc2ccsc2C1C. The minimum atomic E-state index is 0.708. The molecule has 2 rings (SSSR count). The molecular formula is C12H16S. The zero-order chi connectivity index (χ0) is 9.42. The molecule has 0 N–H and O–H groups in total. The van der Waals surface area contributed by atoms with E-state index in [-0.39, 0.29) is 0 Å². The van der Waals surface area contributed by atoms with Crippen molar-refractivity contribution in [3.05, 3.63) is 28.0 Å². The first-order chi connectivity index (χ1) is 6.20. The third kappa shape index (κ3) is 1.46. The number of fused-ring (bicyclic) bond motifs is 1. The first-order valence-electron chi connectivity index (χ1n) is 4.95. The molecule has 0 fully saturated rings. The van der Waals surface area contributed by atoms with Crippen molar-refractivity contribution < 1.29 is 0 Å². The Morgan fingerprint density at radius 1 is 1.38 bits per heavy atom.